The summed E-state index contributed by atoms with van der Waals surface area (Å²) in [7, 11) is 0. The van der Waals surface area contributed by atoms with Crippen LogP contribution in [-0.2, 0) is 21.7 Å². The summed E-state index contributed by atoms with van der Waals surface area (Å²) in [6.45, 7) is 33.5. The lowest BCUT2D eigenvalue weighted by Crippen LogP contribution is -2.15. The molecule has 462 valence electrons. The fourth-order valence-corrected chi connectivity index (χ4v) is 14.2. The molecule has 12 aromatic carbocycles. The molecule has 0 saturated carbocycles. The Balaban J connectivity index is 0.844. The van der Waals surface area contributed by atoms with E-state index in [4.69, 9.17) is 0 Å². The Morgan fingerprint density at radius 3 is 1.06 bits per heavy atom. The van der Waals surface area contributed by atoms with Gasteiger partial charge < -0.3 is 14.4 Å². The molecule has 3 heteroatoms. The van der Waals surface area contributed by atoms with Gasteiger partial charge in [0.1, 0.15) is 0 Å². The normalized spacial score (nSPS) is 12.8. The largest absolute Gasteiger partial charge is 0.311 e. The Labute approximate surface area is 557 Å². The number of rotatable bonds is 13. The zero-order valence-electron chi connectivity index (χ0n) is 56.3. The maximum atomic E-state index is 4.10. The summed E-state index contributed by atoms with van der Waals surface area (Å²) in [5, 5.41) is 2.47. The van der Waals surface area contributed by atoms with Crippen molar-refractivity contribution in [3.8, 4) is 61.3 Å². The van der Waals surface area contributed by atoms with Crippen molar-refractivity contribution < 1.29 is 0 Å². The maximum absolute atomic E-state index is 4.10. The third-order valence-electron chi connectivity index (χ3n) is 19.7. The molecule has 1 heterocycles. The van der Waals surface area contributed by atoms with Crippen LogP contribution in [0, 0.1) is 0 Å². The van der Waals surface area contributed by atoms with Crippen LogP contribution in [0.25, 0.3) is 95.3 Å². The molecule has 1 aliphatic rings. The molecule has 0 unspecified atom stereocenters. The van der Waals surface area contributed by atoms with Crippen molar-refractivity contribution in [3.63, 3.8) is 0 Å². The van der Waals surface area contributed by atoms with Gasteiger partial charge in [0.2, 0.25) is 0 Å². The summed E-state index contributed by atoms with van der Waals surface area (Å²) in [5.74, 6) is 0. The van der Waals surface area contributed by atoms with Crippen LogP contribution >= 0.6 is 0 Å². The monoisotopic (exact) mass is 1220 g/mol. The van der Waals surface area contributed by atoms with Crippen LogP contribution in [0.4, 0.5) is 34.1 Å². The van der Waals surface area contributed by atoms with Crippen LogP contribution in [0.3, 0.4) is 0 Å². The minimum absolute atomic E-state index is 0.0318. The zero-order valence-corrected chi connectivity index (χ0v) is 56.3. The molecule has 0 radical (unpaired) electrons. The van der Waals surface area contributed by atoms with Gasteiger partial charge in [-0.1, -0.05) is 253 Å². The van der Waals surface area contributed by atoms with Gasteiger partial charge in [0, 0.05) is 56.0 Å². The molecule has 0 N–H and O–H groups in total. The van der Waals surface area contributed by atoms with Crippen LogP contribution in [-0.4, -0.2) is 4.57 Å². The van der Waals surface area contributed by atoms with Crippen molar-refractivity contribution in [2.24, 2.45) is 0 Å². The van der Waals surface area contributed by atoms with Gasteiger partial charge in [-0.15, -0.1) is 0 Å². The molecule has 0 fully saturated rings. The van der Waals surface area contributed by atoms with Gasteiger partial charge >= 0.3 is 0 Å². The van der Waals surface area contributed by atoms with Crippen molar-refractivity contribution >= 4 is 68.1 Å². The van der Waals surface area contributed by atoms with E-state index >= 15 is 0 Å². The molecule has 94 heavy (non-hydrogen) atoms. The van der Waals surface area contributed by atoms with Crippen LogP contribution < -0.4 is 9.80 Å². The van der Waals surface area contributed by atoms with Gasteiger partial charge in [-0.25, -0.2) is 0 Å². The van der Waals surface area contributed by atoms with Gasteiger partial charge in [0.15, 0.2) is 0 Å². The minimum Gasteiger partial charge on any atom is -0.311 e. The first-order valence-electron chi connectivity index (χ1n) is 33.2. The molecule has 3 nitrogen and oxygen atoms in total. The Kier molecular flexibility index (Phi) is 15.3. The third kappa shape index (κ3) is 11.2. The Morgan fingerprint density at radius 2 is 0.649 bits per heavy atom. The molecule has 13 aromatic rings. The lowest BCUT2D eigenvalue weighted by molar-refractivity contribution is 0.590. The van der Waals surface area contributed by atoms with E-state index in [9.17, 15) is 0 Å². The summed E-state index contributed by atoms with van der Waals surface area (Å²) in [6, 6.07) is 99.8. The highest BCUT2D eigenvalue weighted by Crippen LogP contribution is 2.53. The number of hydrogen-bond acceptors (Lipinski definition) is 2. The molecular formula is C91H83N3. The fraction of sp³-hybridized carbons (Fsp3) is 0.165. The van der Waals surface area contributed by atoms with Gasteiger partial charge in [-0.2, -0.15) is 0 Å². The van der Waals surface area contributed by atoms with E-state index in [1.54, 1.807) is 0 Å². The summed E-state index contributed by atoms with van der Waals surface area (Å²) in [4.78, 5) is 4.74. The topological polar surface area (TPSA) is 11.4 Å². The van der Waals surface area contributed by atoms with E-state index in [1.807, 2.05) is 12.2 Å². The highest BCUT2D eigenvalue weighted by molar-refractivity contribution is 6.13. The molecule has 14 rings (SSSR count). The summed E-state index contributed by atoms with van der Waals surface area (Å²) in [6.07, 6.45) is 3.87. The van der Waals surface area contributed by atoms with Crippen LogP contribution in [0.2, 0.25) is 0 Å². The van der Waals surface area contributed by atoms with Crippen molar-refractivity contribution in [2.45, 2.75) is 97.8 Å². The van der Waals surface area contributed by atoms with Crippen LogP contribution in [0.1, 0.15) is 115 Å². The molecule has 0 spiro atoms. The first kappa shape index (κ1) is 61.0. The average molecular weight is 1220 g/mol. The lowest BCUT2D eigenvalue weighted by Gasteiger charge is -2.27. The van der Waals surface area contributed by atoms with Gasteiger partial charge in [-0.3, -0.25) is 0 Å². The number of fused-ring (bicyclic) bond motifs is 6. The van der Waals surface area contributed by atoms with E-state index in [0.717, 1.165) is 67.6 Å². The molecule has 1 aromatic heterocycles. The number of benzene rings is 12. The van der Waals surface area contributed by atoms with Gasteiger partial charge in [0.05, 0.1) is 11.0 Å². The molecule has 1 aliphatic carbocycles. The Hall–Kier alpha value is -10.5. The Morgan fingerprint density at radius 1 is 0.309 bits per heavy atom. The van der Waals surface area contributed by atoms with Crippen molar-refractivity contribution in [3.05, 3.63) is 319 Å². The number of hydrogen-bond donors (Lipinski definition) is 0. The predicted octanol–water partition coefficient (Wildman–Crippen LogP) is 25.9. The molecule has 0 atom stereocenters. The third-order valence-corrected chi connectivity index (χ3v) is 19.7. The number of nitrogens with zero attached hydrogens (tertiary/aromatic N) is 3. The summed E-state index contributed by atoms with van der Waals surface area (Å²) < 4.78 is 2.50. The second kappa shape index (κ2) is 23.6. The molecule has 0 bridgehead atoms. The van der Waals surface area contributed by atoms with Crippen LogP contribution in [0.5, 0.6) is 0 Å². The lowest BCUT2D eigenvalue weighted by atomic mass is 9.82. The quantitative estimate of drug-likeness (QED) is 0.114. The minimum atomic E-state index is -0.237. The number of aromatic nitrogens is 1. The number of anilines is 6. The molecule has 0 aliphatic heterocycles. The summed E-state index contributed by atoms with van der Waals surface area (Å²) in [5.41, 5.74) is 30.8. The molecular weight excluding hydrogens is 1140 g/mol. The average Bonchev–Trinajstić information content (AvgIpc) is 1.54. The zero-order chi connectivity index (χ0) is 65.4. The maximum Gasteiger partial charge on any atom is 0.0544 e. The van der Waals surface area contributed by atoms with Crippen LogP contribution in [0.15, 0.2) is 280 Å². The highest BCUT2D eigenvalue weighted by Gasteiger charge is 2.37. The van der Waals surface area contributed by atoms with Gasteiger partial charge in [0.25, 0.3) is 0 Å². The van der Waals surface area contributed by atoms with Crippen molar-refractivity contribution in [2.75, 3.05) is 9.80 Å². The smallest absolute Gasteiger partial charge is 0.0544 e. The van der Waals surface area contributed by atoms with E-state index in [1.165, 1.54) is 88.6 Å². The SMILES string of the molecule is C=Cc1ccccc1-c1ccc(N(c2ccc(-c3ccc4c(c3)-c3cc5c6cc(-c7ccc(N(c8ccc(-c9ccccc9C=C)cc8)c8ccc(C(C)(C)C)cc8)cc7)ccc6n(-c6ccc(C(C)(C)C)cc6)c5cc3C4(C)C)cc2)c2ccc(C(C)(C)C)cc2)cc1. The van der Waals surface area contributed by atoms with Gasteiger partial charge in [-0.05, 0) is 226 Å². The standard InChI is InChI=1S/C91H83N3/c1-14-60-20-16-18-22-78(60)64-28-44-73(45-29-64)92(75-48-34-68(35-49-75)88(3,4)5)71-40-24-62(25-41-71)66-32-54-84-80(56-66)81-58-83-82-57-67(33-55-86(82)94(87(83)59-85(81)91(84,12)13)77-52-38-70(39-53-77)90(9,10)11)63-26-42-72(43-27-63)93(76-50-36-69(37-51-76)89(6,7)8)74-46-30-65(31-47-74)79-23-19-17-21-61(79)15-2/h14-59H,1-2H2,3-13H3. The van der Waals surface area contributed by atoms with E-state index in [2.05, 4.69) is 371 Å². The van der Waals surface area contributed by atoms with E-state index in [0.29, 0.717) is 0 Å². The second-order valence-corrected chi connectivity index (χ2v) is 29.2. The predicted molar refractivity (Wildman–Crippen MR) is 406 cm³/mol. The highest BCUT2D eigenvalue weighted by atomic mass is 15.1. The van der Waals surface area contributed by atoms with Crippen molar-refractivity contribution in [1.82, 2.24) is 4.57 Å². The fourth-order valence-electron chi connectivity index (χ4n) is 14.2. The van der Waals surface area contributed by atoms with E-state index < -0.39 is 0 Å². The second-order valence-electron chi connectivity index (χ2n) is 29.2. The molecule has 0 amide bonds. The Bertz CT molecular complexity index is 5000. The first-order valence-corrected chi connectivity index (χ1v) is 33.2. The van der Waals surface area contributed by atoms with Crippen molar-refractivity contribution in [1.29, 1.82) is 0 Å². The summed E-state index contributed by atoms with van der Waals surface area (Å²) >= 11 is 0. The molecule has 0 saturated heterocycles. The first-order chi connectivity index (χ1) is 45.1. The van der Waals surface area contributed by atoms with E-state index in [-0.39, 0.29) is 21.7 Å².